The molecule has 1 aliphatic carbocycles. The van der Waals surface area contributed by atoms with Gasteiger partial charge < -0.3 is 24.4 Å². The molecule has 8 heteroatoms. The third-order valence-electron chi connectivity index (χ3n) is 6.55. The lowest BCUT2D eigenvalue weighted by Crippen LogP contribution is -2.31. The maximum atomic E-state index is 15.4. The van der Waals surface area contributed by atoms with Gasteiger partial charge in [-0.3, -0.25) is 4.79 Å². The molecule has 0 radical (unpaired) electrons. The van der Waals surface area contributed by atoms with Gasteiger partial charge in [-0.05, 0) is 45.1 Å². The first kappa shape index (κ1) is 19.5. The van der Waals surface area contributed by atoms with Crippen LogP contribution >= 0.6 is 0 Å². The molecule has 3 atom stereocenters. The zero-order chi connectivity index (χ0) is 21.2. The van der Waals surface area contributed by atoms with Crippen molar-refractivity contribution in [2.45, 2.75) is 63.3 Å². The van der Waals surface area contributed by atoms with Crippen molar-refractivity contribution < 1.29 is 24.1 Å². The summed E-state index contributed by atoms with van der Waals surface area (Å²) in [6.07, 6.45) is 2.85. The van der Waals surface area contributed by atoms with Crippen molar-refractivity contribution in [1.82, 2.24) is 4.57 Å². The van der Waals surface area contributed by atoms with E-state index in [9.17, 15) is 19.8 Å². The largest absolute Gasteiger partial charge is 0.462 e. The Morgan fingerprint density at radius 3 is 2.73 bits per heavy atom. The number of pyridine rings is 1. The van der Waals surface area contributed by atoms with Gasteiger partial charge in [-0.25, -0.2) is 9.18 Å². The fourth-order valence-corrected chi connectivity index (χ4v) is 5.05. The predicted molar refractivity (Wildman–Crippen MR) is 108 cm³/mol. The van der Waals surface area contributed by atoms with E-state index in [0.29, 0.717) is 18.5 Å². The maximum absolute atomic E-state index is 15.4. The quantitative estimate of drug-likeness (QED) is 0.747. The van der Waals surface area contributed by atoms with E-state index in [-0.39, 0.29) is 40.9 Å². The smallest absolute Gasteiger partial charge is 0.343 e. The molecular weight excluding hydrogens is 391 g/mol. The molecule has 1 saturated heterocycles. The maximum Gasteiger partial charge on any atom is 0.343 e. The number of esters is 1. The number of nitrogens with zero attached hydrogens (tertiary/aromatic N) is 2. The summed E-state index contributed by atoms with van der Waals surface area (Å²) in [5.74, 6) is -1.35. The minimum absolute atomic E-state index is 0.0348. The van der Waals surface area contributed by atoms with Gasteiger partial charge in [0, 0.05) is 30.4 Å². The number of halogens is 1. The molecule has 1 saturated carbocycles. The Morgan fingerprint density at radius 2 is 2.03 bits per heavy atom. The summed E-state index contributed by atoms with van der Waals surface area (Å²) in [5, 5.41) is 21.7. The normalized spacial score (nSPS) is 25.7. The van der Waals surface area contributed by atoms with Crippen LogP contribution in [0.3, 0.4) is 0 Å². The first-order chi connectivity index (χ1) is 14.4. The van der Waals surface area contributed by atoms with E-state index in [0.717, 1.165) is 25.7 Å². The second-order valence-corrected chi connectivity index (χ2v) is 8.48. The van der Waals surface area contributed by atoms with E-state index >= 15 is 4.39 Å². The first-order valence-corrected chi connectivity index (χ1v) is 10.6. The Morgan fingerprint density at radius 1 is 1.27 bits per heavy atom. The fourth-order valence-electron chi connectivity index (χ4n) is 5.05. The summed E-state index contributed by atoms with van der Waals surface area (Å²) in [7, 11) is 0. The van der Waals surface area contributed by atoms with Gasteiger partial charge in [0.05, 0.1) is 29.3 Å². The van der Waals surface area contributed by atoms with Crippen molar-refractivity contribution in [1.29, 1.82) is 0 Å². The number of aromatic nitrogens is 1. The average Bonchev–Trinajstić information content (AvgIpc) is 3.47. The monoisotopic (exact) mass is 416 g/mol. The lowest BCUT2D eigenvalue weighted by Gasteiger charge is -2.28. The van der Waals surface area contributed by atoms with E-state index < -0.39 is 29.4 Å². The molecule has 3 unspecified atom stereocenters. The van der Waals surface area contributed by atoms with Gasteiger partial charge in [0.2, 0.25) is 5.43 Å². The Balaban J connectivity index is 1.86. The average molecular weight is 416 g/mol. The van der Waals surface area contributed by atoms with Gasteiger partial charge in [-0.1, -0.05) is 0 Å². The summed E-state index contributed by atoms with van der Waals surface area (Å²) < 4.78 is 22.3. The molecule has 2 fully saturated rings. The number of fused-ring (bicyclic) bond motifs is 5. The number of ether oxygens (including phenoxy) is 1. The number of hydrogen-bond donors (Lipinski definition) is 2. The number of aliphatic hydroxyl groups excluding tert-OH is 2. The molecule has 160 valence electrons. The molecule has 1 aromatic heterocycles. The van der Waals surface area contributed by atoms with Crippen molar-refractivity contribution >= 4 is 22.6 Å². The molecule has 3 aliphatic rings. The van der Waals surface area contributed by atoms with E-state index in [1.54, 1.807) is 11.5 Å². The molecular formula is C22H25FN2O5. The summed E-state index contributed by atoms with van der Waals surface area (Å²) in [5.41, 5.74) is 0.170. The Kier molecular flexibility index (Phi) is 4.59. The molecule has 3 heterocycles. The summed E-state index contributed by atoms with van der Waals surface area (Å²) in [6.45, 7) is 2.41. The number of aliphatic hydroxyl groups is 2. The third kappa shape index (κ3) is 2.85. The van der Waals surface area contributed by atoms with Gasteiger partial charge in [-0.2, -0.15) is 0 Å². The predicted octanol–water partition coefficient (Wildman–Crippen LogP) is 2.42. The lowest BCUT2D eigenvalue weighted by molar-refractivity contribution is 0.0137. The second kappa shape index (κ2) is 7.06. The molecule has 2 N–H and O–H groups in total. The Hall–Kier alpha value is -2.45. The summed E-state index contributed by atoms with van der Waals surface area (Å²) >= 11 is 0. The van der Waals surface area contributed by atoms with Crippen LogP contribution in [-0.2, 0) is 4.74 Å². The molecule has 0 spiro atoms. The van der Waals surface area contributed by atoms with Crippen LogP contribution < -0.4 is 10.3 Å². The zero-order valence-corrected chi connectivity index (χ0v) is 16.8. The van der Waals surface area contributed by atoms with Crippen molar-refractivity contribution in [2.24, 2.45) is 0 Å². The SMILES string of the molecule is CCOC(=O)c1cn(C2CC2)c2c3c(c(F)cc2c1=O)N1CCCC1CC(O)C3O. The van der Waals surface area contributed by atoms with E-state index in [4.69, 9.17) is 4.74 Å². The molecule has 5 rings (SSSR count). The number of carbonyl (C=O) groups excluding carboxylic acids is 1. The third-order valence-corrected chi connectivity index (χ3v) is 6.55. The summed E-state index contributed by atoms with van der Waals surface area (Å²) in [6, 6.07) is 1.18. The minimum atomic E-state index is -1.32. The van der Waals surface area contributed by atoms with Crippen LogP contribution in [0.1, 0.15) is 67.1 Å². The van der Waals surface area contributed by atoms with E-state index in [2.05, 4.69) is 0 Å². The second-order valence-electron chi connectivity index (χ2n) is 8.48. The van der Waals surface area contributed by atoms with Crippen LogP contribution in [0.4, 0.5) is 10.1 Å². The van der Waals surface area contributed by atoms with Gasteiger partial charge in [0.1, 0.15) is 17.5 Å². The highest BCUT2D eigenvalue weighted by molar-refractivity contribution is 5.96. The first-order valence-electron chi connectivity index (χ1n) is 10.6. The Labute approximate surface area is 172 Å². The highest BCUT2D eigenvalue weighted by Gasteiger charge is 2.41. The van der Waals surface area contributed by atoms with Crippen molar-refractivity contribution in [3.05, 3.63) is 39.4 Å². The number of hydrogen-bond acceptors (Lipinski definition) is 6. The lowest BCUT2D eigenvalue weighted by atomic mass is 9.96. The van der Waals surface area contributed by atoms with Gasteiger partial charge in [-0.15, -0.1) is 0 Å². The van der Waals surface area contributed by atoms with E-state index in [1.165, 1.54) is 12.3 Å². The number of benzene rings is 1. The minimum Gasteiger partial charge on any atom is -0.462 e. The Bertz CT molecular complexity index is 1090. The van der Waals surface area contributed by atoms with E-state index in [1.807, 2.05) is 4.90 Å². The molecule has 0 bridgehead atoms. The number of anilines is 1. The van der Waals surface area contributed by atoms with Crippen LogP contribution in [0.5, 0.6) is 0 Å². The van der Waals surface area contributed by atoms with Gasteiger partial charge in [0.25, 0.3) is 0 Å². The van der Waals surface area contributed by atoms with Crippen LogP contribution in [-0.4, -0.2) is 46.0 Å². The van der Waals surface area contributed by atoms with Gasteiger partial charge >= 0.3 is 5.97 Å². The standard InChI is InChI=1S/C22H25FN2O5/c1-2-30-22(29)14-10-25(11-5-6-11)18-13(20(14)27)9-15(23)19-17(18)21(28)16(26)8-12-4-3-7-24(12)19/h9-12,16,21,26,28H,2-8H2,1H3. The van der Waals surface area contributed by atoms with Gasteiger partial charge in [0.15, 0.2) is 0 Å². The highest BCUT2D eigenvalue weighted by Crippen LogP contribution is 2.46. The molecule has 7 nitrogen and oxygen atoms in total. The molecule has 0 amide bonds. The molecule has 2 aliphatic heterocycles. The van der Waals surface area contributed by atoms with Crippen LogP contribution in [0.25, 0.3) is 10.9 Å². The number of rotatable bonds is 3. The van der Waals surface area contributed by atoms with Crippen LogP contribution in [0.2, 0.25) is 0 Å². The van der Waals surface area contributed by atoms with Crippen LogP contribution in [0.15, 0.2) is 17.1 Å². The number of carbonyl (C=O) groups is 1. The van der Waals surface area contributed by atoms with Crippen LogP contribution in [0, 0.1) is 5.82 Å². The van der Waals surface area contributed by atoms with Crippen molar-refractivity contribution in [3.63, 3.8) is 0 Å². The molecule has 2 aromatic rings. The zero-order valence-electron chi connectivity index (χ0n) is 16.8. The van der Waals surface area contributed by atoms with Crippen molar-refractivity contribution in [2.75, 3.05) is 18.1 Å². The fraction of sp³-hybridized carbons (Fsp3) is 0.545. The highest BCUT2D eigenvalue weighted by atomic mass is 19.1. The summed E-state index contributed by atoms with van der Waals surface area (Å²) in [4.78, 5) is 27.4. The molecule has 1 aromatic carbocycles. The topological polar surface area (TPSA) is 92.0 Å². The molecule has 30 heavy (non-hydrogen) atoms. The van der Waals surface area contributed by atoms with Crippen molar-refractivity contribution in [3.8, 4) is 0 Å².